The number of carbonyl (C=O) groups excluding carboxylic acids is 3. The number of carbonyl (C=O) groups is 3. The van der Waals surface area contributed by atoms with Gasteiger partial charge in [-0.15, -0.1) is 5.06 Å². The van der Waals surface area contributed by atoms with Crippen molar-refractivity contribution in [2.75, 3.05) is 18.5 Å². The van der Waals surface area contributed by atoms with E-state index in [9.17, 15) is 14.4 Å². The fourth-order valence-corrected chi connectivity index (χ4v) is 5.28. The summed E-state index contributed by atoms with van der Waals surface area (Å²) in [5.74, 6) is -1.48. The Bertz CT molecular complexity index is 1230. The first-order valence-electron chi connectivity index (χ1n) is 12.0. The molecule has 0 bridgehead atoms. The molecule has 0 aliphatic carbocycles. The zero-order valence-corrected chi connectivity index (χ0v) is 21.3. The Morgan fingerprint density at radius 2 is 1.78 bits per heavy atom. The lowest BCUT2D eigenvalue weighted by molar-refractivity contribution is -0.197. The van der Waals surface area contributed by atoms with E-state index in [-0.39, 0.29) is 19.3 Å². The molecule has 0 unspecified atom stereocenters. The minimum absolute atomic E-state index is 0.0936. The molecule has 0 saturated carbocycles. The van der Waals surface area contributed by atoms with Crippen LogP contribution in [0.15, 0.2) is 75.6 Å². The van der Waals surface area contributed by atoms with Gasteiger partial charge in [0.1, 0.15) is 0 Å². The van der Waals surface area contributed by atoms with Crippen molar-refractivity contribution >= 4 is 47.0 Å². The number of thioether (sulfide) groups is 1. The van der Waals surface area contributed by atoms with E-state index in [1.54, 1.807) is 25.0 Å². The Hall–Kier alpha value is -3.65. The van der Waals surface area contributed by atoms with Crippen LogP contribution in [0.3, 0.4) is 0 Å². The van der Waals surface area contributed by atoms with E-state index in [0.717, 1.165) is 28.3 Å². The zero-order valence-electron chi connectivity index (χ0n) is 20.5. The van der Waals surface area contributed by atoms with Gasteiger partial charge in [0, 0.05) is 44.0 Å². The first kappa shape index (κ1) is 25.4. The lowest BCUT2D eigenvalue weighted by Gasteiger charge is -2.21. The Balaban J connectivity index is 1.46. The number of hydroxylamine groups is 2. The molecule has 36 heavy (non-hydrogen) atoms. The van der Waals surface area contributed by atoms with E-state index in [1.807, 2.05) is 30.3 Å². The summed E-state index contributed by atoms with van der Waals surface area (Å²) in [4.78, 5) is 48.1. The number of imide groups is 1. The highest BCUT2D eigenvalue weighted by molar-refractivity contribution is 8.03. The second-order valence-corrected chi connectivity index (χ2v) is 9.61. The van der Waals surface area contributed by atoms with Crippen molar-refractivity contribution in [3.05, 3.63) is 76.8 Å². The van der Waals surface area contributed by atoms with E-state index in [0.29, 0.717) is 18.0 Å². The van der Waals surface area contributed by atoms with E-state index in [4.69, 9.17) is 4.84 Å². The molecule has 2 heterocycles. The van der Waals surface area contributed by atoms with Crippen LogP contribution in [0.25, 0.3) is 5.57 Å². The zero-order chi connectivity index (χ0) is 25.5. The molecule has 2 amide bonds. The highest BCUT2D eigenvalue weighted by Crippen LogP contribution is 2.46. The van der Waals surface area contributed by atoms with E-state index < -0.39 is 17.8 Å². The van der Waals surface area contributed by atoms with Gasteiger partial charge in [-0.3, -0.25) is 14.6 Å². The summed E-state index contributed by atoms with van der Waals surface area (Å²) in [5, 5.41) is 1.71. The van der Waals surface area contributed by atoms with Crippen molar-refractivity contribution < 1.29 is 19.2 Å². The molecule has 0 atom stereocenters. The summed E-state index contributed by atoms with van der Waals surface area (Å²) < 4.78 is 0. The maximum atomic E-state index is 12.2. The number of anilines is 1. The second kappa shape index (κ2) is 11.9. The van der Waals surface area contributed by atoms with Gasteiger partial charge in [-0.05, 0) is 60.8 Å². The average molecular weight is 504 g/mol. The van der Waals surface area contributed by atoms with Gasteiger partial charge in [0.05, 0.1) is 10.7 Å². The van der Waals surface area contributed by atoms with Crippen molar-refractivity contribution in [2.45, 2.75) is 43.9 Å². The number of aliphatic imine (C=N–C) groups is 1. The molecule has 0 N–H and O–H groups in total. The Morgan fingerprint density at radius 1 is 1.06 bits per heavy atom. The Labute approximate surface area is 215 Å². The van der Waals surface area contributed by atoms with Crippen molar-refractivity contribution in [1.29, 1.82) is 0 Å². The summed E-state index contributed by atoms with van der Waals surface area (Å²) in [7, 11) is 1.76. The molecule has 0 spiro atoms. The van der Waals surface area contributed by atoms with Gasteiger partial charge in [-0.2, -0.15) is 0 Å². The van der Waals surface area contributed by atoms with Crippen LogP contribution in [0.1, 0.15) is 43.2 Å². The van der Waals surface area contributed by atoms with Crippen LogP contribution in [0.4, 0.5) is 5.69 Å². The van der Waals surface area contributed by atoms with Crippen molar-refractivity contribution in [1.82, 2.24) is 5.06 Å². The van der Waals surface area contributed by atoms with Crippen LogP contribution in [-0.2, 0) is 19.2 Å². The summed E-state index contributed by atoms with van der Waals surface area (Å²) in [6, 6.07) is 16.6. The topological polar surface area (TPSA) is 79.3 Å². The Kier molecular flexibility index (Phi) is 8.38. The van der Waals surface area contributed by atoms with Gasteiger partial charge < -0.3 is 9.74 Å². The number of fused-ring (bicyclic) bond motifs is 1. The van der Waals surface area contributed by atoms with Gasteiger partial charge >= 0.3 is 5.97 Å². The molecule has 1 saturated heterocycles. The van der Waals surface area contributed by atoms with Gasteiger partial charge in [0.15, 0.2) is 0 Å². The van der Waals surface area contributed by atoms with Crippen LogP contribution < -0.4 is 4.90 Å². The second-order valence-electron chi connectivity index (χ2n) is 8.55. The van der Waals surface area contributed by atoms with Gasteiger partial charge in [-0.1, -0.05) is 48.2 Å². The van der Waals surface area contributed by atoms with Gasteiger partial charge in [0.25, 0.3) is 11.8 Å². The molecule has 0 aromatic heterocycles. The number of hydrogen-bond acceptors (Lipinski definition) is 7. The van der Waals surface area contributed by atoms with E-state index >= 15 is 0 Å². The summed E-state index contributed by atoms with van der Waals surface area (Å²) in [6.45, 7) is 2.81. The number of rotatable bonds is 9. The molecule has 2 aromatic carbocycles. The number of allylic oxidation sites excluding steroid dienone is 3. The molecule has 2 aliphatic rings. The van der Waals surface area contributed by atoms with Crippen molar-refractivity contribution in [2.24, 2.45) is 4.99 Å². The number of unbranched alkanes of at least 4 members (excludes halogenated alkanes) is 1. The fraction of sp³-hybridized carbons (Fsp3) is 0.286. The lowest BCUT2D eigenvalue weighted by Crippen LogP contribution is -2.32. The van der Waals surface area contributed by atoms with Gasteiger partial charge in [0.2, 0.25) is 0 Å². The summed E-state index contributed by atoms with van der Waals surface area (Å²) in [5.41, 5.74) is 4.54. The highest BCUT2D eigenvalue weighted by atomic mass is 32.2. The third-order valence-electron chi connectivity index (χ3n) is 5.99. The average Bonchev–Trinajstić information content (AvgIpc) is 3.38. The molecule has 4 rings (SSSR count). The molecule has 8 heteroatoms. The van der Waals surface area contributed by atoms with Crippen molar-refractivity contribution in [3.63, 3.8) is 0 Å². The number of aryl methyl sites for hydroxylation is 1. The third kappa shape index (κ3) is 5.94. The summed E-state index contributed by atoms with van der Waals surface area (Å²) >= 11 is 1.72. The fourth-order valence-electron chi connectivity index (χ4n) is 4.14. The number of hydrogen-bond donors (Lipinski definition) is 0. The lowest BCUT2D eigenvalue weighted by atomic mass is 10.0. The van der Waals surface area contributed by atoms with Crippen LogP contribution in [-0.4, -0.2) is 42.7 Å². The molecule has 7 nitrogen and oxygen atoms in total. The normalized spacial score (nSPS) is 16.9. The third-order valence-corrected chi connectivity index (χ3v) is 7.10. The molecule has 2 aliphatic heterocycles. The number of para-hydroxylation sites is 1. The largest absolute Gasteiger partial charge is 0.335 e. The van der Waals surface area contributed by atoms with Crippen LogP contribution in [0, 0.1) is 6.92 Å². The SMILES string of the molecule is CN=C/C=C(/C=C1\Sc2ccccc2N1CCCCC(=O)ON1C(=O)CCC1=O)c1ccccc1C. The number of amides is 2. The minimum atomic E-state index is -0.561. The quantitative estimate of drug-likeness (QED) is 0.262. The first-order chi connectivity index (χ1) is 17.5. The Morgan fingerprint density at radius 3 is 2.53 bits per heavy atom. The highest BCUT2D eigenvalue weighted by Gasteiger charge is 2.32. The van der Waals surface area contributed by atoms with Crippen molar-refractivity contribution in [3.8, 4) is 0 Å². The van der Waals surface area contributed by atoms with E-state index in [2.05, 4.69) is 47.2 Å². The van der Waals surface area contributed by atoms with E-state index in [1.165, 1.54) is 10.5 Å². The molecule has 186 valence electrons. The van der Waals surface area contributed by atoms with Crippen LogP contribution in [0.2, 0.25) is 0 Å². The predicted molar refractivity (Wildman–Crippen MR) is 142 cm³/mol. The monoisotopic (exact) mass is 503 g/mol. The molecule has 1 fully saturated rings. The van der Waals surface area contributed by atoms with Gasteiger partial charge in [-0.25, -0.2) is 4.79 Å². The van der Waals surface area contributed by atoms with Crippen LogP contribution in [0.5, 0.6) is 0 Å². The smallest absolute Gasteiger partial charge is 0.333 e. The maximum absolute atomic E-state index is 12.2. The number of nitrogens with zero attached hydrogens (tertiary/aromatic N) is 3. The molecule has 0 radical (unpaired) electrons. The standard InChI is InChI=1S/C28H29N3O4S/c1-20-9-3-4-10-22(20)21(16-17-29-2)19-27-30(23-11-5-6-12-24(23)36-27)18-8-7-13-28(34)35-31-25(32)14-15-26(31)33/h3-6,9-12,16-17,19H,7-8,13-15,18H2,1-2H3/b21-16-,27-19-,29-17?. The molecular weight excluding hydrogens is 474 g/mol. The summed E-state index contributed by atoms with van der Waals surface area (Å²) in [6.07, 6.45) is 7.66. The predicted octanol–water partition coefficient (Wildman–Crippen LogP) is 5.31. The minimum Gasteiger partial charge on any atom is -0.335 e. The number of benzene rings is 2. The maximum Gasteiger partial charge on any atom is 0.333 e. The van der Waals surface area contributed by atoms with Crippen LogP contribution >= 0.6 is 11.8 Å². The molecule has 2 aromatic rings. The molecular formula is C28H29N3O4S. The first-order valence-corrected chi connectivity index (χ1v) is 12.8.